The normalized spacial score (nSPS) is 10.3. The van der Waals surface area contributed by atoms with Gasteiger partial charge >= 0.3 is 0 Å². The first-order valence-corrected chi connectivity index (χ1v) is 6.74. The van der Waals surface area contributed by atoms with Crippen LogP contribution in [0.15, 0.2) is 32.8 Å². The van der Waals surface area contributed by atoms with Crippen molar-refractivity contribution in [1.29, 1.82) is 0 Å². The van der Waals surface area contributed by atoms with E-state index in [1.807, 2.05) is 12.1 Å². The molecule has 0 radical (unpaired) electrons. The third kappa shape index (κ3) is 3.05. The maximum Gasteiger partial charge on any atom is 0.272 e. The van der Waals surface area contributed by atoms with E-state index in [1.165, 1.54) is 19.2 Å². The van der Waals surface area contributed by atoms with Gasteiger partial charge in [0.1, 0.15) is 5.69 Å². The molecule has 18 heavy (non-hydrogen) atoms. The van der Waals surface area contributed by atoms with E-state index in [1.54, 1.807) is 11.3 Å². The molecule has 94 valence electrons. The molecule has 0 aromatic carbocycles. The number of carbonyl (C=O) groups excluding carboxylic acids is 1. The highest BCUT2D eigenvalue weighted by Crippen LogP contribution is 2.21. The van der Waals surface area contributed by atoms with Gasteiger partial charge in [-0.3, -0.25) is 9.59 Å². The lowest BCUT2D eigenvalue weighted by Gasteiger charge is -2.03. The molecule has 2 aromatic heterocycles. The minimum atomic E-state index is -0.296. The minimum Gasteiger partial charge on any atom is -0.346 e. The van der Waals surface area contributed by atoms with Gasteiger partial charge in [0.2, 0.25) is 0 Å². The first-order chi connectivity index (χ1) is 8.56. The van der Waals surface area contributed by atoms with E-state index < -0.39 is 0 Å². The number of amides is 1. The zero-order chi connectivity index (χ0) is 13.1. The summed E-state index contributed by atoms with van der Waals surface area (Å²) in [5, 5.41) is 6.62. The van der Waals surface area contributed by atoms with Crippen LogP contribution in [0.5, 0.6) is 0 Å². The largest absolute Gasteiger partial charge is 0.346 e. The number of nitrogens with zero attached hydrogens (tertiary/aromatic N) is 2. The van der Waals surface area contributed by atoms with Crippen LogP contribution in [0.25, 0.3) is 0 Å². The highest BCUT2D eigenvalue weighted by atomic mass is 79.9. The van der Waals surface area contributed by atoms with Gasteiger partial charge in [0, 0.05) is 18.0 Å². The summed E-state index contributed by atoms with van der Waals surface area (Å²) in [5.41, 5.74) is -0.0125. The number of hydrogen-bond donors (Lipinski definition) is 1. The summed E-state index contributed by atoms with van der Waals surface area (Å²) in [6, 6.07) is 6.60. The van der Waals surface area contributed by atoms with E-state index in [2.05, 4.69) is 26.3 Å². The molecular formula is C11H10BrN3O2S. The number of aromatic nitrogens is 2. The van der Waals surface area contributed by atoms with E-state index in [9.17, 15) is 9.59 Å². The summed E-state index contributed by atoms with van der Waals surface area (Å²) in [5.74, 6) is -0.296. The number of aryl methyl sites for hydroxylation is 1. The average Bonchev–Trinajstić information content (AvgIpc) is 2.75. The van der Waals surface area contributed by atoms with Crippen LogP contribution in [0.3, 0.4) is 0 Å². The Morgan fingerprint density at radius 2 is 2.22 bits per heavy atom. The lowest BCUT2D eigenvalue weighted by Crippen LogP contribution is -2.27. The van der Waals surface area contributed by atoms with Gasteiger partial charge in [-0.25, -0.2) is 4.68 Å². The standard InChI is InChI=1S/C11H10BrN3O2S/c1-15-10(16)5-3-8(14-15)11(17)13-6-7-2-4-9(12)18-7/h2-5H,6H2,1H3,(H,13,17). The third-order valence-electron chi connectivity index (χ3n) is 2.25. The van der Waals surface area contributed by atoms with Gasteiger partial charge in [-0.15, -0.1) is 11.3 Å². The summed E-state index contributed by atoms with van der Waals surface area (Å²) in [6.45, 7) is 0.444. The van der Waals surface area contributed by atoms with Crippen LogP contribution in [-0.4, -0.2) is 15.7 Å². The maximum absolute atomic E-state index is 11.8. The second-order valence-corrected chi connectivity index (χ2v) is 6.12. The molecule has 1 N–H and O–H groups in total. The van der Waals surface area contributed by atoms with E-state index >= 15 is 0 Å². The second-order valence-electron chi connectivity index (χ2n) is 3.57. The van der Waals surface area contributed by atoms with Crippen LogP contribution in [0.1, 0.15) is 15.4 Å². The molecule has 2 rings (SSSR count). The van der Waals surface area contributed by atoms with Gasteiger partial charge in [-0.1, -0.05) is 0 Å². The zero-order valence-corrected chi connectivity index (χ0v) is 11.9. The lowest BCUT2D eigenvalue weighted by molar-refractivity contribution is 0.0944. The fourth-order valence-corrected chi connectivity index (χ4v) is 2.75. The molecule has 0 fully saturated rings. The number of nitrogens with one attached hydrogen (secondary N) is 1. The van der Waals surface area contributed by atoms with Crippen molar-refractivity contribution >= 4 is 33.2 Å². The fourth-order valence-electron chi connectivity index (χ4n) is 1.33. The minimum absolute atomic E-state index is 0.229. The molecule has 0 atom stereocenters. The van der Waals surface area contributed by atoms with Crippen molar-refractivity contribution in [2.24, 2.45) is 7.05 Å². The Morgan fingerprint density at radius 1 is 1.44 bits per heavy atom. The van der Waals surface area contributed by atoms with E-state index in [0.717, 1.165) is 13.3 Å². The summed E-state index contributed by atoms with van der Waals surface area (Å²) in [6.07, 6.45) is 0. The Morgan fingerprint density at radius 3 is 2.83 bits per heavy atom. The summed E-state index contributed by atoms with van der Waals surface area (Å²) in [4.78, 5) is 24.0. The highest BCUT2D eigenvalue weighted by Gasteiger charge is 2.08. The van der Waals surface area contributed by atoms with Crippen LogP contribution < -0.4 is 10.9 Å². The Bertz CT molecular complexity index is 635. The number of rotatable bonds is 3. The second kappa shape index (κ2) is 5.45. The van der Waals surface area contributed by atoms with Gasteiger partial charge in [0.15, 0.2) is 0 Å². The Balaban J connectivity index is 2.03. The van der Waals surface area contributed by atoms with Crippen molar-refractivity contribution in [2.45, 2.75) is 6.54 Å². The smallest absolute Gasteiger partial charge is 0.272 e. The number of carbonyl (C=O) groups is 1. The summed E-state index contributed by atoms with van der Waals surface area (Å²) >= 11 is 4.91. The molecule has 0 aliphatic heterocycles. The lowest BCUT2D eigenvalue weighted by atomic mass is 10.3. The molecule has 0 spiro atoms. The molecular weight excluding hydrogens is 318 g/mol. The van der Waals surface area contributed by atoms with Crippen LogP contribution >= 0.6 is 27.3 Å². The molecule has 0 aliphatic rings. The SMILES string of the molecule is Cn1nc(C(=O)NCc2ccc(Br)s2)ccc1=O. The maximum atomic E-state index is 11.8. The van der Waals surface area contributed by atoms with Crippen molar-refractivity contribution < 1.29 is 4.79 Å². The van der Waals surface area contributed by atoms with Crippen molar-refractivity contribution in [3.05, 3.63) is 49.0 Å². The molecule has 7 heteroatoms. The van der Waals surface area contributed by atoms with Gasteiger partial charge in [-0.2, -0.15) is 5.10 Å². The Labute approximate surface area is 116 Å². The highest BCUT2D eigenvalue weighted by molar-refractivity contribution is 9.11. The van der Waals surface area contributed by atoms with Crippen LogP contribution in [-0.2, 0) is 13.6 Å². The monoisotopic (exact) mass is 327 g/mol. The number of thiophene rings is 1. The zero-order valence-electron chi connectivity index (χ0n) is 9.51. The van der Waals surface area contributed by atoms with Crippen molar-refractivity contribution in [1.82, 2.24) is 15.1 Å². The first kappa shape index (κ1) is 13.0. The predicted octanol–water partition coefficient (Wildman–Crippen LogP) is 1.53. The molecule has 0 unspecified atom stereocenters. The van der Waals surface area contributed by atoms with Gasteiger partial charge in [-0.05, 0) is 34.1 Å². The molecule has 5 nitrogen and oxygen atoms in total. The Hall–Kier alpha value is -1.47. The summed E-state index contributed by atoms with van der Waals surface area (Å²) in [7, 11) is 1.51. The molecule has 0 bridgehead atoms. The van der Waals surface area contributed by atoms with Crippen LogP contribution in [0.2, 0.25) is 0 Å². The summed E-state index contributed by atoms with van der Waals surface area (Å²) < 4.78 is 2.16. The van der Waals surface area contributed by atoms with E-state index in [0.29, 0.717) is 6.54 Å². The number of halogens is 1. The topological polar surface area (TPSA) is 64.0 Å². The fraction of sp³-hybridized carbons (Fsp3) is 0.182. The van der Waals surface area contributed by atoms with Crippen LogP contribution in [0.4, 0.5) is 0 Å². The average molecular weight is 328 g/mol. The molecule has 0 saturated heterocycles. The number of hydrogen-bond acceptors (Lipinski definition) is 4. The molecule has 2 heterocycles. The third-order valence-corrected chi connectivity index (χ3v) is 3.87. The van der Waals surface area contributed by atoms with E-state index in [-0.39, 0.29) is 17.2 Å². The molecule has 1 amide bonds. The van der Waals surface area contributed by atoms with Gasteiger partial charge in [0.25, 0.3) is 11.5 Å². The van der Waals surface area contributed by atoms with Gasteiger partial charge < -0.3 is 5.32 Å². The first-order valence-electron chi connectivity index (χ1n) is 5.13. The van der Waals surface area contributed by atoms with Gasteiger partial charge in [0.05, 0.1) is 10.3 Å². The van der Waals surface area contributed by atoms with Crippen molar-refractivity contribution in [2.75, 3.05) is 0 Å². The molecule has 2 aromatic rings. The van der Waals surface area contributed by atoms with Crippen molar-refractivity contribution in [3.8, 4) is 0 Å². The molecule has 0 aliphatic carbocycles. The van der Waals surface area contributed by atoms with Crippen molar-refractivity contribution in [3.63, 3.8) is 0 Å². The van der Waals surface area contributed by atoms with Crippen LogP contribution in [0, 0.1) is 0 Å². The molecule has 0 saturated carbocycles. The quantitative estimate of drug-likeness (QED) is 0.929. The predicted molar refractivity (Wildman–Crippen MR) is 72.7 cm³/mol. The Kier molecular flexibility index (Phi) is 3.93. The van der Waals surface area contributed by atoms with E-state index in [4.69, 9.17) is 0 Å².